The molecule has 3 aromatic rings. The van der Waals surface area contributed by atoms with Gasteiger partial charge in [0, 0.05) is 10.0 Å². The number of carbonyl (C=O) groups is 1. The van der Waals surface area contributed by atoms with Gasteiger partial charge in [-0.2, -0.15) is 0 Å². The number of hydrogen-bond acceptors (Lipinski definition) is 5. The van der Waals surface area contributed by atoms with Crippen LogP contribution in [-0.4, -0.2) is 21.3 Å². The number of thioether (sulfide) groups is 1. The smallest absolute Gasteiger partial charge is 0.184 e. The van der Waals surface area contributed by atoms with Crippen molar-refractivity contribution in [1.82, 2.24) is 9.78 Å². The average molecular weight is 423 g/mol. The second-order valence-electron chi connectivity index (χ2n) is 4.60. The van der Waals surface area contributed by atoms with Crippen molar-refractivity contribution in [3.05, 3.63) is 68.6 Å². The molecule has 0 radical (unpaired) electrons. The Morgan fingerprint density at radius 1 is 1.17 bits per heavy atom. The first-order valence-corrected chi connectivity index (χ1v) is 9.71. The lowest BCUT2D eigenvalue weighted by Gasteiger charge is -2.00. The van der Waals surface area contributed by atoms with Crippen molar-refractivity contribution in [3.63, 3.8) is 0 Å². The molecule has 0 spiro atoms. The predicted octanol–water partition coefficient (Wildman–Crippen LogP) is 5.40. The summed E-state index contributed by atoms with van der Waals surface area (Å²) in [5.74, 6) is 0.425. The summed E-state index contributed by atoms with van der Waals surface area (Å²) in [6, 6.07) is 17.1. The van der Waals surface area contributed by atoms with E-state index in [1.165, 1.54) is 23.1 Å². The molecule has 0 unspecified atom stereocenters. The van der Waals surface area contributed by atoms with E-state index in [1.54, 1.807) is 4.68 Å². The zero-order chi connectivity index (χ0) is 16.2. The number of carbonyl (C=O) groups excluding carboxylic acids is 1. The van der Waals surface area contributed by atoms with Gasteiger partial charge >= 0.3 is 0 Å². The average Bonchev–Trinajstić information content (AvgIpc) is 2.95. The number of Topliss-reactive ketones (excluding diaryl/α,β-unsaturated/α-hetero) is 1. The molecule has 2 aromatic carbocycles. The van der Waals surface area contributed by atoms with Gasteiger partial charge in [-0.1, -0.05) is 69.4 Å². The maximum Gasteiger partial charge on any atom is 0.184 e. The van der Waals surface area contributed by atoms with E-state index < -0.39 is 0 Å². The number of rotatable bonds is 5. The zero-order valence-corrected chi connectivity index (χ0v) is 15.8. The highest BCUT2D eigenvalue weighted by Gasteiger charge is 2.10. The highest BCUT2D eigenvalue weighted by molar-refractivity contribution is 9.10. The summed E-state index contributed by atoms with van der Waals surface area (Å²) in [5.41, 5.74) is 1.63. The van der Waals surface area contributed by atoms with Crippen LogP contribution < -0.4 is 0 Å². The third-order valence-corrected chi connectivity index (χ3v) is 5.92. The van der Waals surface area contributed by atoms with E-state index in [4.69, 9.17) is 12.2 Å². The summed E-state index contributed by atoms with van der Waals surface area (Å²) < 4.78 is 4.16. The first kappa shape index (κ1) is 16.6. The minimum Gasteiger partial charge on any atom is -0.293 e. The molecule has 0 fully saturated rings. The molecule has 0 saturated heterocycles. The van der Waals surface area contributed by atoms with Crippen LogP contribution in [0, 0.1) is 3.95 Å². The molecule has 7 heteroatoms. The Morgan fingerprint density at radius 2 is 1.87 bits per heavy atom. The molecule has 3 rings (SSSR count). The third kappa shape index (κ3) is 4.17. The molecule has 0 N–H and O–H groups in total. The molecule has 0 aliphatic carbocycles. The maximum atomic E-state index is 12.2. The topological polar surface area (TPSA) is 34.9 Å². The van der Waals surface area contributed by atoms with Crippen LogP contribution in [0.1, 0.15) is 10.4 Å². The van der Waals surface area contributed by atoms with Crippen LogP contribution in [0.3, 0.4) is 0 Å². The number of halogens is 1. The largest absolute Gasteiger partial charge is 0.293 e. The quantitative estimate of drug-likeness (QED) is 0.313. The van der Waals surface area contributed by atoms with Crippen LogP contribution in [0.5, 0.6) is 0 Å². The van der Waals surface area contributed by atoms with E-state index in [2.05, 4.69) is 21.0 Å². The summed E-state index contributed by atoms with van der Waals surface area (Å²) in [6.45, 7) is 0. The van der Waals surface area contributed by atoms with Gasteiger partial charge in [-0.05, 0) is 36.5 Å². The van der Waals surface area contributed by atoms with Gasteiger partial charge in [-0.25, -0.2) is 4.68 Å². The van der Waals surface area contributed by atoms with Crippen LogP contribution in [0.2, 0.25) is 0 Å². The molecule has 1 heterocycles. The molecule has 0 bridgehead atoms. The second kappa shape index (κ2) is 7.53. The van der Waals surface area contributed by atoms with E-state index in [-0.39, 0.29) is 5.78 Å². The van der Waals surface area contributed by atoms with Crippen molar-refractivity contribution in [1.29, 1.82) is 0 Å². The van der Waals surface area contributed by atoms with Crippen molar-refractivity contribution >= 4 is 57.0 Å². The molecule has 0 atom stereocenters. The summed E-state index contributed by atoms with van der Waals surface area (Å²) in [4.78, 5) is 12.2. The van der Waals surface area contributed by atoms with Gasteiger partial charge in [0.2, 0.25) is 0 Å². The van der Waals surface area contributed by atoms with Crippen molar-refractivity contribution in [3.8, 4) is 5.69 Å². The maximum absolute atomic E-state index is 12.2. The monoisotopic (exact) mass is 422 g/mol. The molecule has 3 nitrogen and oxygen atoms in total. The van der Waals surface area contributed by atoms with Crippen molar-refractivity contribution in [2.75, 3.05) is 5.75 Å². The Bertz CT molecular complexity index is 872. The van der Waals surface area contributed by atoms with Gasteiger partial charge in [-0.3, -0.25) is 4.79 Å². The minimum absolute atomic E-state index is 0.0786. The van der Waals surface area contributed by atoms with E-state index in [1.807, 2.05) is 54.6 Å². The molecular weight excluding hydrogens is 412 g/mol. The molecule has 0 saturated carbocycles. The van der Waals surface area contributed by atoms with Gasteiger partial charge in [0.25, 0.3) is 0 Å². The fraction of sp³-hybridized carbons (Fsp3) is 0.0625. The van der Waals surface area contributed by atoms with Gasteiger partial charge in [0.15, 0.2) is 14.1 Å². The fourth-order valence-electron chi connectivity index (χ4n) is 1.90. The molecule has 0 aliphatic heterocycles. The highest BCUT2D eigenvalue weighted by atomic mass is 79.9. The number of ketones is 1. The van der Waals surface area contributed by atoms with Gasteiger partial charge in [0.1, 0.15) is 0 Å². The van der Waals surface area contributed by atoms with E-state index >= 15 is 0 Å². The number of benzene rings is 2. The SMILES string of the molecule is O=C(CSc1nn(-c2ccccc2)c(=S)s1)c1ccc(Br)cc1. The normalized spacial score (nSPS) is 10.7. The highest BCUT2D eigenvalue weighted by Crippen LogP contribution is 2.25. The Hall–Kier alpha value is -1.28. The molecule has 1 aromatic heterocycles. The van der Waals surface area contributed by atoms with Crippen LogP contribution in [0.4, 0.5) is 0 Å². The third-order valence-electron chi connectivity index (χ3n) is 3.02. The Morgan fingerprint density at radius 3 is 2.57 bits per heavy atom. The van der Waals surface area contributed by atoms with Crippen LogP contribution in [0.25, 0.3) is 5.69 Å². The lowest BCUT2D eigenvalue weighted by Crippen LogP contribution is -2.02. The lowest BCUT2D eigenvalue weighted by atomic mass is 10.2. The number of aromatic nitrogens is 2. The van der Waals surface area contributed by atoms with Gasteiger partial charge < -0.3 is 0 Å². The summed E-state index contributed by atoms with van der Waals surface area (Å²) in [7, 11) is 0. The van der Waals surface area contributed by atoms with E-state index in [0.29, 0.717) is 15.3 Å². The minimum atomic E-state index is 0.0786. The van der Waals surface area contributed by atoms with Crippen molar-refractivity contribution in [2.24, 2.45) is 0 Å². The number of para-hydroxylation sites is 1. The number of nitrogens with zero attached hydrogens (tertiary/aromatic N) is 2. The molecule has 23 heavy (non-hydrogen) atoms. The first-order chi connectivity index (χ1) is 11.1. The summed E-state index contributed by atoms with van der Waals surface area (Å²) >= 11 is 11.6. The standard InChI is InChI=1S/C16H11BrN2OS3/c17-12-8-6-11(7-9-12)14(20)10-22-15-18-19(16(21)23-15)13-4-2-1-3-5-13/h1-9H,10H2. The summed E-state index contributed by atoms with van der Waals surface area (Å²) in [6.07, 6.45) is 0. The Balaban J connectivity index is 1.71. The lowest BCUT2D eigenvalue weighted by molar-refractivity contribution is 0.102. The van der Waals surface area contributed by atoms with Crippen LogP contribution in [-0.2, 0) is 0 Å². The van der Waals surface area contributed by atoms with Gasteiger partial charge in [-0.15, -0.1) is 5.10 Å². The van der Waals surface area contributed by atoms with E-state index in [0.717, 1.165) is 14.5 Å². The Labute approximate surface area is 155 Å². The molecular formula is C16H11BrN2OS3. The van der Waals surface area contributed by atoms with Gasteiger partial charge in [0.05, 0.1) is 11.4 Å². The number of hydrogen-bond donors (Lipinski definition) is 0. The van der Waals surface area contributed by atoms with Crippen molar-refractivity contribution in [2.45, 2.75) is 4.34 Å². The van der Waals surface area contributed by atoms with Crippen molar-refractivity contribution < 1.29 is 4.79 Å². The zero-order valence-electron chi connectivity index (χ0n) is 11.8. The fourth-order valence-corrected chi connectivity index (χ4v) is 4.42. The summed E-state index contributed by atoms with van der Waals surface area (Å²) in [5, 5.41) is 4.49. The Kier molecular flexibility index (Phi) is 5.42. The first-order valence-electron chi connectivity index (χ1n) is 6.70. The second-order valence-corrected chi connectivity index (χ2v) is 8.36. The molecule has 116 valence electrons. The van der Waals surface area contributed by atoms with Crippen LogP contribution >= 0.6 is 51.2 Å². The van der Waals surface area contributed by atoms with E-state index in [9.17, 15) is 4.79 Å². The molecule has 0 aliphatic rings. The predicted molar refractivity (Wildman–Crippen MR) is 101 cm³/mol. The van der Waals surface area contributed by atoms with Crippen LogP contribution in [0.15, 0.2) is 63.4 Å². The molecule has 0 amide bonds.